The number of nitrogens with one attached hydrogen (secondary N) is 1. The lowest BCUT2D eigenvalue weighted by Gasteiger charge is -1.90. The van der Waals surface area contributed by atoms with E-state index < -0.39 is 0 Å². The molecule has 1 heterocycles. The molecule has 0 aliphatic rings. The van der Waals surface area contributed by atoms with Crippen molar-refractivity contribution in [3.8, 4) is 0 Å². The average molecular weight is 126 g/mol. The van der Waals surface area contributed by atoms with Crippen molar-refractivity contribution in [3.63, 3.8) is 0 Å². The maximum atomic E-state index is 4.84. The molecule has 3 heteroatoms. The lowest BCUT2D eigenvalue weighted by atomic mass is 10.5. The summed E-state index contributed by atoms with van der Waals surface area (Å²) in [7, 11) is 0. The maximum Gasteiger partial charge on any atom is 0.224 e. The fraction of sp³-hybridized carbons (Fsp3) is 0.500. The summed E-state index contributed by atoms with van der Waals surface area (Å²) in [6, 6.07) is 1.86. The molecule has 0 radical (unpaired) electrons. The van der Waals surface area contributed by atoms with Gasteiger partial charge in [0.25, 0.3) is 0 Å². The van der Waals surface area contributed by atoms with E-state index in [9.17, 15) is 0 Å². The monoisotopic (exact) mass is 126 g/mol. The second kappa shape index (κ2) is 2.53. The minimum atomic E-state index is 0.745. The number of hydrogen-bond acceptors (Lipinski definition) is 3. The van der Waals surface area contributed by atoms with E-state index in [0.29, 0.717) is 0 Å². The highest BCUT2D eigenvalue weighted by Gasteiger charge is 1.94. The Morgan fingerprint density at radius 2 is 2.56 bits per heavy atom. The molecule has 1 N–H and O–H groups in total. The summed E-state index contributed by atoms with van der Waals surface area (Å²) in [5, 5.41) is 6.70. The Morgan fingerprint density at radius 3 is 3.00 bits per heavy atom. The van der Waals surface area contributed by atoms with E-state index in [0.717, 1.165) is 18.1 Å². The van der Waals surface area contributed by atoms with Crippen molar-refractivity contribution in [1.29, 1.82) is 0 Å². The quantitative estimate of drug-likeness (QED) is 0.651. The second-order valence-electron chi connectivity index (χ2n) is 1.86. The van der Waals surface area contributed by atoms with E-state index in [1.54, 1.807) is 0 Å². The fourth-order valence-corrected chi connectivity index (χ4v) is 0.621. The molecule has 0 unspecified atom stereocenters. The summed E-state index contributed by atoms with van der Waals surface area (Å²) >= 11 is 0. The molecule has 0 aromatic carbocycles. The summed E-state index contributed by atoms with van der Waals surface area (Å²) < 4.78 is 4.84. The minimum Gasteiger partial charge on any atom is -0.354 e. The van der Waals surface area contributed by atoms with Crippen LogP contribution in [0.15, 0.2) is 10.6 Å². The van der Waals surface area contributed by atoms with Gasteiger partial charge in [0.1, 0.15) is 0 Å². The molecule has 1 rings (SSSR count). The van der Waals surface area contributed by atoms with Gasteiger partial charge in [0.2, 0.25) is 5.88 Å². The smallest absolute Gasteiger partial charge is 0.224 e. The van der Waals surface area contributed by atoms with Gasteiger partial charge in [0.05, 0.1) is 5.69 Å². The Labute approximate surface area is 54.0 Å². The van der Waals surface area contributed by atoms with Crippen LogP contribution in [0.25, 0.3) is 0 Å². The van der Waals surface area contributed by atoms with Crippen molar-refractivity contribution in [3.05, 3.63) is 11.8 Å². The summed E-state index contributed by atoms with van der Waals surface area (Å²) in [6.07, 6.45) is 0. The zero-order valence-corrected chi connectivity index (χ0v) is 5.64. The van der Waals surface area contributed by atoms with Crippen LogP contribution in [0.3, 0.4) is 0 Å². The molecule has 0 atom stereocenters. The van der Waals surface area contributed by atoms with Gasteiger partial charge in [-0.25, -0.2) is 0 Å². The fourth-order valence-electron chi connectivity index (χ4n) is 0.621. The van der Waals surface area contributed by atoms with Gasteiger partial charge in [-0.05, 0) is 13.8 Å². The van der Waals surface area contributed by atoms with Crippen LogP contribution in [0.2, 0.25) is 0 Å². The zero-order valence-electron chi connectivity index (χ0n) is 5.64. The van der Waals surface area contributed by atoms with Crippen LogP contribution in [0.4, 0.5) is 5.88 Å². The first kappa shape index (κ1) is 6.13. The molecule has 0 saturated heterocycles. The Morgan fingerprint density at radius 1 is 1.78 bits per heavy atom. The van der Waals surface area contributed by atoms with Gasteiger partial charge >= 0.3 is 0 Å². The molecular weight excluding hydrogens is 116 g/mol. The van der Waals surface area contributed by atoms with Crippen molar-refractivity contribution in [2.45, 2.75) is 13.8 Å². The van der Waals surface area contributed by atoms with Gasteiger partial charge in [0, 0.05) is 12.6 Å². The van der Waals surface area contributed by atoms with E-state index in [1.165, 1.54) is 0 Å². The van der Waals surface area contributed by atoms with E-state index >= 15 is 0 Å². The first-order chi connectivity index (χ1) is 4.33. The van der Waals surface area contributed by atoms with Crippen molar-refractivity contribution < 1.29 is 4.52 Å². The highest BCUT2D eigenvalue weighted by atomic mass is 16.5. The van der Waals surface area contributed by atoms with Crippen LogP contribution >= 0.6 is 0 Å². The molecule has 1 aromatic heterocycles. The lowest BCUT2D eigenvalue weighted by Crippen LogP contribution is -1.93. The van der Waals surface area contributed by atoms with Crippen LogP contribution in [-0.2, 0) is 0 Å². The van der Waals surface area contributed by atoms with Crippen molar-refractivity contribution in [1.82, 2.24) is 5.16 Å². The van der Waals surface area contributed by atoms with E-state index in [4.69, 9.17) is 4.52 Å². The first-order valence-electron chi connectivity index (χ1n) is 3.00. The summed E-state index contributed by atoms with van der Waals surface area (Å²) in [5.74, 6) is 0.745. The van der Waals surface area contributed by atoms with Gasteiger partial charge in [-0.15, -0.1) is 0 Å². The molecule has 0 aliphatic carbocycles. The molecule has 0 saturated carbocycles. The van der Waals surface area contributed by atoms with Crippen LogP contribution in [0, 0.1) is 6.92 Å². The van der Waals surface area contributed by atoms with Crippen LogP contribution in [0.1, 0.15) is 12.6 Å². The molecule has 0 fully saturated rings. The Hall–Kier alpha value is -0.990. The van der Waals surface area contributed by atoms with Crippen LogP contribution in [0.5, 0.6) is 0 Å². The third-order valence-electron chi connectivity index (χ3n) is 0.979. The van der Waals surface area contributed by atoms with Crippen LogP contribution < -0.4 is 5.32 Å². The van der Waals surface area contributed by atoms with E-state index in [2.05, 4.69) is 10.5 Å². The van der Waals surface area contributed by atoms with Gasteiger partial charge in [-0.1, -0.05) is 5.16 Å². The van der Waals surface area contributed by atoms with Gasteiger partial charge < -0.3 is 9.84 Å². The minimum absolute atomic E-state index is 0.745. The normalized spacial score (nSPS) is 9.56. The second-order valence-corrected chi connectivity index (χ2v) is 1.86. The highest BCUT2D eigenvalue weighted by molar-refractivity contribution is 5.30. The number of anilines is 1. The third-order valence-corrected chi connectivity index (χ3v) is 0.979. The number of aromatic nitrogens is 1. The molecule has 50 valence electrons. The Bertz CT molecular complexity index is 183. The Kier molecular flexibility index (Phi) is 1.72. The number of rotatable bonds is 2. The molecular formula is C6H10N2O. The standard InChI is InChI=1S/C6H10N2O/c1-3-7-6-4-5(2)8-9-6/h4,7H,3H2,1-2H3. The highest BCUT2D eigenvalue weighted by Crippen LogP contribution is 2.06. The van der Waals surface area contributed by atoms with Crippen LogP contribution in [-0.4, -0.2) is 11.7 Å². The third kappa shape index (κ3) is 1.45. The summed E-state index contributed by atoms with van der Waals surface area (Å²) in [6.45, 7) is 4.77. The molecule has 0 aliphatic heterocycles. The molecule has 0 spiro atoms. The van der Waals surface area contributed by atoms with Gasteiger partial charge in [-0.3, -0.25) is 0 Å². The number of nitrogens with zero attached hydrogens (tertiary/aromatic N) is 1. The molecule has 0 amide bonds. The van der Waals surface area contributed by atoms with Gasteiger partial charge in [-0.2, -0.15) is 0 Å². The summed E-state index contributed by atoms with van der Waals surface area (Å²) in [5.41, 5.74) is 0.908. The lowest BCUT2D eigenvalue weighted by molar-refractivity contribution is 0.427. The van der Waals surface area contributed by atoms with Crippen molar-refractivity contribution in [2.24, 2.45) is 0 Å². The molecule has 9 heavy (non-hydrogen) atoms. The molecule has 1 aromatic rings. The first-order valence-corrected chi connectivity index (χ1v) is 3.00. The van der Waals surface area contributed by atoms with Gasteiger partial charge in [0.15, 0.2) is 0 Å². The summed E-state index contributed by atoms with van der Waals surface area (Å²) in [4.78, 5) is 0. The average Bonchev–Trinajstić information content (AvgIpc) is 2.17. The molecule has 3 nitrogen and oxygen atoms in total. The largest absolute Gasteiger partial charge is 0.354 e. The maximum absolute atomic E-state index is 4.84. The zero-order chi connectivity index (χ0) is 6.69. The number of hydrogen-bond donors (Lipinski definition) is 1. The van der Waals surface area contributed by atoms with Crippen molar-refractivity contribution >= 4 is 5.88 Å². The predicted molar refractivity (Wildman–Crippen MR) is 35.4 cm³/mol. The van der Waals surface area contributed by atoms with Crippen molar-refractivity contribution in [2.75, 3.05) is 11.9 Å². The predicted octanol–water partition coefficient (Wildman–Crippen LogP) is 1.41. The van der Waals surface area contributed by atoms with E-state index in [1.807, 2.05) is 19.9 Å². The van der Waals surface area contributed by atoms with E-state index in [-0.39, 0.29) is 0 Å². The molecule has 0 bridgehead atoms. The Balaban J connectivity index is 2.61. The number of aryl methyl sites for hydroxylation is 1. The SMILES string of the molecule is CCNc1cc(C)no1. The topological polar surface area (TPSA) is 38.1 Å².